The minimum atomic E-state index is -5.10. The van der Waals surface area contributed by atoms with Crippen molar-refractivity contribution >= 4 is 24.2 Å². The Hall–Kier alpha value is -1.90. The van der Waals surface area contributed by atoms with E-state index in [0.717, 1.165) is 0 Å². The molecule has 26 heavy (non-hydrogen) atoms. The van der Waals surface area contributed by atoms with Crippen molar-refractivity contribution in [3.63, 3.8) is 0 Å². The summed E-state index contributed by atoms with van der Waals surface area (Å²) < 4.78 is 44.9. The summed E-state index contributed by atoms with van der Waals surface area (Å²) in [5.41, 5.74) is 5.35. The molecule has 1 heterocycles. The number of anilines is 1. The van der Waals surface area contributed by atoms with Gasteiger partial charge in [-0.05, 0) is 39.3 Å². The van der Waals surface area contributed by atoms with Gasteiger partial charge in [0.15, 0.2) is 0 Å². The molecule has 0 spiro atoms. The lowest BCUT2D eigenvalue weighted by Crippen LogP contribution is -2.49. The molecule has 2 rings (SSSR count). The molecule has 1 aliphatic rings. The van der Waals surface area contributed by atoms with Crippen LogP contribution in [0.2, 0.25) is 0 Å². The lowest BCUT2D eigenvalue weighted by atomic mass is 9.76. The van der Waals surface area contributed by atoms with Gasteiger partial charge in [-0.1, -0.05) is 11.6 Å². The van der Waals surface area contributed by atoms with Gasteiger partial charge in [-0.15, -0.1) is 5.46 Å². The van der Waals surface area contributed by atoms with E-state index in [0.29, 0.717) is 38.3 Å². The number of rotatable bonds is 3. The van der Waals surface area contributed by atoms with E-state index in [2.05, 4.69) is 0 Å². The number of piperazine rings is 1. The third-order valence-electron chi connectivity index (χ3n) is 4.33. The topological polar surface area (TPSA) is 58.8 Å². The molecule has 0 atom stereocenters. The van der Waals surface area contributed by atoms with E-state index in [9.17, 15) is 17.7 Å². The van der Waals surface area contributed by atoms with Gasteiger partial charge in [-0.2, -0.15) is 0 Å². The standard InChI is InChI=1S/C17H26BF3N3O2/c1-12-14(18(19,20)21)9-13(10-15(12)22)11-23-5-7-24(8-6-23)16(25)26-17(2,3)4/h9-10H,5-8,11,22H2,1-4H3/q-1. The summed E-state index contributed by atoms with van der Waals surface area (Å²) in [7, 11) is 0. The summed E-state index contributed by atoms with van der Waals surface area (Å²) in [5, 5.41) is 0. The van der Waals surface area contributed by atoms with Crippen LogP contribution in [0.5, 0.6) is 0 Å². The van der Waals surface area contributed by atoms with Crippen LogP contribution in [0.4, 0.5) is 23.4 Å². The monoisotopic (exact) mass is 372 g/mol. The summed E-state index contributed by atoms with van der Waals surface area (Å²) in [6.45, 7) is 4.18. The fourth-order valence-electron chi connectivity index (χ4n) is 2.93. The first-order valence-electron chi connectivity index (χ1n) is 8.66. The third-order valence-corrected chi connectivity index (χ3v) is 4.33. The van der Waals surface area contributed by atoms with Gasteiger partial charge in [0.05, 0.1) is 0 Å². The molecule has 146 valence electrons. The minimum Gasteiger partial charge on any atom is -0.445 e. The first-order chi connectivity index (χ1) is 11.9. The Morgan fingerprint density at radius 1 is 1.19 bits per heavy atom. The van der Waals surface area contributed by atoms with Gasteiger partial charge < -0.3 is 28.3 Å². The summed E-state index contributed by atoms with van der Waals surface area (Å²) >= 11 is 0. The molecule has 0 radical (unpaired) electrons. The maximum atomic E-state index is 13.2. The normalized spacial score (nSPS) is 16.7. The van der Waals surface area contributed by atoms with E-state index < -0.39 is 18.0 Å². The van der Waals surface area contributed by atoms with E-state index in [4.69, 9.17) is 10.5 Å². The number of nitrogens with zero attached hydrogens (tertiary/aromatic N) is 2. The summed E-state index contributed by atoms with van der Waals surface area (Å²) in [4.78, 5) is 15.7. The van der Waals surface area contributed by atoms with Crippen molar-refractivity contribution in [3.8, 4) is 0 Å². The van der Waals surface area contributed by atoms with Crippen molar-refractivity contribution in [2.45, 2.75) is 39.8 Å². The zero-order valence-electron chi connectivity index (χ0n) is 15.7. The van der Waals surface area contributed by atoms with E-state index in [-0.39, 0.29) is 17.3 Å². The highest BCUT2D eigenvalue weighted by molar-refractivity contribution is 6.74. The van der Waals surface area contributed by atoms with Crippen molar-refractivity contribution < 1.29 is 22.5 Å². The third kappa shape index (κ3) is 5.30. The van der Waals surface area contributed by atoms with Gasteiger partial charge in [0.2, 0.25) is 0 Å². The first kappa shape index (κ1) is 20.4. The Morgan fingerprint density at radius 3 is 2.27 bits per heavy atom. The number of carbonyl (C=O) groups is 1. The second-order valence-electron chi connectivity index (χ2n) is 7.72. The highest BCUT2D eigenvalue weighted by Crippen LogP contribution is 2.20. The molecule has 5 nitrogen and oxygen atoms in total. The number of hydrogen-bond donors (Lipinski definition) is 1. The largest absolute Gasteiger partial charge is 0.509 e. The molecule has 1 aromatic carbocycles. The first-order valence-corrected chi connectivity index (χ1v) is 8.66. The Labute approximate surface area is 152 Å². The van der Waals surface area contributed by atoms with Gasteiger partial charge >= 0.3 is 13.1 Å². The van der Waals surface area contributed by atoms with Crippen molar-refractivity contribution in [2.75, 3.05) is 31.9 Å². The molecule has 0 aromatic heterocycles. The fourth-order valence-corrected chi connectivity index (χ4v) is 2.93. The lowest BCUT2D eigenvalue weighted by molar-refractivity contribution is 0.0139. The number of hydrogen-bond acceptors (Lipinski definition) is 4. The number of amides is 1. The minimum absolute atomic E-state index is 0.0796. The van der Waals surface area contributed by atoms with Gasteiger partial charge in [0.25, 0.3) is 0 Å². The highest BCUT2D eigenvalue weighted by Gasteiger charge is 2.29. The SMILES string of the molecule is Cc1c(N)cc(CN2CCN(C(=O)OC(C)(C)C)CC2)cc1[B-](F)(F)F. The maximum Gasteiger partial charge on any atom is 0.509 e. The molecule has 0 unspecified atom stereocenters. The van der Waals surface area contributed by atoms with Crippen molar-refractivity contribution in [1.82, 2.24) is 9.80 Å². The van der Waals surface area contributed by atoms with Crippen LogP contribution in [0, 0.1) is 6.92 Å². The Kier molecular flexibility index (Phi) is 5.80. The predicted molar refractivity (Wildman–Crippen MR) is 97.4 cm³/mol. The zero-order chi connectivity index (χ0) is 19.7. The van der Waals surface area contributed by atoms with Gasteiger partial charge in [0.1, 0.15) is 5.60 Å². The number of benzene rings is 1. The second-order valence-corrected chi connectivity index (χ2v) is 7.72. The summed E-state index contributed by atoms with van der Waals surface area (Å²) in [6.07, 6.45) is -0.362. The number of ether oxygens (including phenoxy) is 1. The van der Waals surface area contributed by atoms with Crippen LogP contribution in [-0.4, -0.2) is 54.7 Å². The summed E-state index contributed by atoms with van der Waals surface area (Å²) in [5.74, 6) is 0. The van der Waals surface area contributed by atoms with E-state index in [1.54, 1.807) is 11.0 Å². The molecular formula is C17H26BF3N3O2-. The number of nitrogens with two attached hydrogens (primary N) is 1. The van der Waals surface area contributed by atoms with Crippen molar-refractivity contribution in [1.29, 1.82) is 0 Å². The molecule has 2 N–H and O–H groups in total. The lowest BCUT2D eigenvalue weighted by Gasteiger charge is -2.35. The molecular weight excluding hydrogens is 346 g/mol. The Balaban J connectivity index is 2.00. The Morgan fingerprint density at radius 2 is 1.77 bits per heavy atom. The smallest absolute Gasteiger partial charge is 0.445 e. The predicted octanol–water partition coefficient (Wildman–Crippen LogP) is 2.68. The van der Waals surface area contributed by atoms with E-state index in [1.165, 1.54) is 13.0 Å². The fraction of sp³-hybridized carbons (Fsp3) is 0.588. The zero-order valence-corrected chi connectivity index (χ0v) is 15.7. The van der Waals surface area contributed by atoms with E-state index in [1.807, 2.05) is 25.7 Å². The van der Waals surface area contributed by atoms with E-state index >= 15 is 0 Å². The van der Waals surface area contributed by atoms with Crippen LogP contribution in [-0.2, 0) is 11.3 Å². The van der Waals surface area contributed by atoms with Crippen LogP contribution >= 0.6 is 0 Å². The average molecular weight is 372 g/mol. The quantitative estimate of drug-likeness (QED) is 0.655. The van der Waals surface area contributed by atoms with Crippen molar-refractivity contribution in [2.24, 2.45) is 0 Å². The molecule has 0 aliphatic carbocycles. The molecule has 9 heteroatoms. The average Bonchev–Trinajstić information content (AvgIpc) is 2.48. The van der Waals surface area contributed by atoms with Gasteiger partial charge in [-0.25, -0.2) is 4.79 Å². The molecule has 1 aliphatic heterocycles. The second kappa shape index (κ2) is 7.38. The maximum absolute atomic E-state index is 13.2. The molecule has 1 saturated heterocycles. The van der Waals surface area contributed by atoms with Crippen LogP contribution in [0.1, 0.15) is 31.9 Å². The molecule has 0 saturated carbocycles. The van der Waals surface area contributed by atoms with Crippen LogP contribution < -0.4 is 11.2 Å². The highest BCUT2D eigenvalue weighted by atomic mass is 19.4. The van der Waals surface area contributed by atoms with Crippen molar-refractivity contribution in [3.05, 3.63) is 23.3 Å². The molecule has 1 fully saturated rings. The van der Waals surface area contributed by atoms with Crippen LogP contribution in [0.25, 0.3) is 0 Å². The molecule has 1 aromatic rings. The molecule has 0 bridgehead atoms. The van der Waals surface area contributed by atoms with Gasteiger partial charge in [0, 0.05) is 38.4 Å². The Bertz CT molecular complexity index is 666. The summed E-state index contributed by atoms with van der Waals surface area (Å²) in [6, 6.07) is 2.78. The number of carbonyl (C=O) groups excluding carboxylic acids is 1. The van der Waals surface area contributed by atoms with Gasteiger partial charge in [-0.3, -0.25) is 4.90 Å². The molecule has 1 amide bonds. The number of nitrogen functional groups attached to an aromatic ring is 1. The van der Waals surface area contributed by atoms with Crippen LogP contribution in [0.3, 0.4) is 0 Å². The van der Waals surface area contributed by atoms with Crippen LogP contribution in [0.15, 0.2) is 12.1 Å². The number of halogens is 3.